The first-order valence-corrected chi connectivity index (χ1v) is 7.88. The fourth-order valence-electron chi connectivity index (χ4n) is 3.65. The highest BCUT2D eigenvalue weighted by molar-refractivity contribution is 5.96. The van der Waals surface area contributed by atoms with Crippen LogP contribution in [0, 0.1) is 11.8 Å². The number of ether oxygens (including phenoxy) is 2. The summed E-state index contributed by atoms with van der Waals surface area (Å²) in [6.45, 7) is 6.85. The van der Waals surface area contributed by atoms with Crippen molar-refractivity contribution >= 4 is 16.6 Å². The number of pyridine rings is 1. The minimum Gasteiger partial charge on any atom is -0.493 e. The Bertz CT molecular complexity index is 661. The zero-order chi connectivity index (χ0) is 15.7. The lowest BCUT2D eigenvalue weighted by molar-refractivity contribution is 0.356. The first-order chi connectivity index (χ1) is 10.6. The molecule has 2 atom stereocenters. The van der Waals surface area contributed by atoms with Gasteiger partial charge in [0.05, 0.1) is 14.2 Å². The average Bonchev–Trinajstić information content (AvgIpc) is 2.52. The first-order valence-electron chi connectivity index (χ1n) is 7.88. The molecule has 0 radical (unpaired) electrons. The monoisotopic (exact) mass is 300 g/mol. The van der Waals surface area contributed by atoms with Gasteiger partial charge in [-0.25, -0.2) is 0 Å². The van der Waals surface area contributed by atoms with Crippen LogP contribution in [0.4, 0.5) is 5.69 Å². The van der Waals surface area contributed by atoms with Crippen molar-refractivity contribution in [2.24, 2.45) is 11.8 Å². The van der Waals surface area contributed by atoms with Crippen molar-refractivity contribution < 1.29 is 9.47 Å². The number of aromatic nitrogens is 1. The molecule has 0 aliphatic carbocycles. The molecule has 0 spiro atoms. The lowest BCUT2D eigenvalue weighted by Crippen LogP contribution is -2.38. The Morgan fingerprint density at radius 3 is 2.41 bits per heavy atom. The molecule has 0 amide bonds. The lowest BCUT2D eigenvalue weighted by Gasteiger charge is -2.37. The number of hydrogen-bond acceptors (Lipinski definition) is 4. The summed E-state index contributed by atoms with van der Waals surface area (Å²) in [5.74, 6) is 2.86. The number of methoxy groups -OCH3 is 2. The van der Waals surface area contributed by atoms with E-state index in [1.54, 1.807) is 14.2 Å². The Hall–Kier alpha value is -1.97. The summed E-state index contributed by atoms with van der Waals surface area (Å²) >= 11 is 0. The lowest BCUT2D eigenvalue weighted by atomic mass is 9.91. The summed E-state index contributed by atoms with van der Waals surface area (Å²) in [6, 6.07) is 6.16. The van der Waals surface area contributed by atoms with Crippen LogP contribution in [0.5, 0.6) is 11.5 Å². The molecule has 4 heteroatoms. The Balaban J connectivity index is 2.11. The predicted molar refractivity (Wildman–Crippen MR) is 90.0 cm³/mol. The van der Waals surface area contributed by atoms with E-state index in [1.165, 1.54) is 12.1 Å². The van der Waals surface area contributed by atoms with Gasteiger partial charge in [0, 0.05) is 30.4 Å². The second kappa shape index (κ2) is 6.03. The molecule has 118 valence electrons. The zero-order valence-corrected chi connectivity index (χ0v) is 13.8. The van der Waals surface area contributed by atoms with Crippen LogP contribution < -0.4 is 14.4 Å². The highest BCUT2D eigenvalue weighted by Gasteiger charge is 2.24. The fraction of sp³-hybridized carbons (Fsp3) is 0.500. The molecule has 2 aromatic rings. The van der Waals surface area contributed by atoms with Gasteiger partial charge >= 0.3 is 0 Å². The van der Waals surface area contributed by atoms with Gasteiger partial charge in [-0.05, 0) is 36.5 Å². The van der Waals surface area contributed by atoms with E-state index >= 15 is 0 Å². The molecule has 3 rings (SSSR count). The summed E-state index contributed by atoms with van der Waals surface area (Å²) in [4.78, 5) is 7.00. The third-order valence-electron chi connectivity index (χ3n) is 4.44. The molecule has 0 unspecified atom stereocenters. The SMILES string of the molecule is COc1ccc2c(N3C[C@H](C)C[C@H](C)C3)ccnc2c1OC. The van der Waals surface area contributed by atoms with Crippen molar-refractivity contribution in [1.82, 2.24) is 4.98 Å². The van der Waals surface area contributed by atoms with Gasteiger partial charge in [-0.15, -0.1) is 0 Å². The van der Waals surface area contributed by atoms with Crippen LogP contribution in [0.25, 0.3) is 10.9 Å². The van der Waals surface area contributed by atoms with Crippen LogP contribution in [0.1, 0.15) is 20.3 Å². The highest BCUT2D eigenvalue weighted by Crippen LogP contribution is 2.39. The van der Waals surface area contributed by atoms with Gasteiger partial charge in [-0.1, -0.05) is 13.8 Å². The summed E-state index contributed by atoms with van der Waals surface area (Å²) < 4.78 is 10.9. The second-order valence-electron chi connectivity index (χ2n) is 6.38. The molecule has 2 heterocycles. The third kappa shape index (κ3) is 2.58. The Labute approximate surface area is 132 Å². The number of benzene rings is 1. The molecule has 1 aromatic carbocycles. The summed E-state index contributed by atoms with van der Waals surface area (Å²) in [5.41, 5.74) is 2.11. The molecule has 1 aliphatic heterocycles. The van der Waals surface area contributed by atoms with Crippen molar-refractivity contribution in [3.63, 3.8) is 0 Å². The van der Waals surface area contributed by atoms with E-state index < -0.39 is 0 Å². The number of hydrogen-bond donors (Lipinski definition) is 0. The summed E-state index contributed by atoms with van der Waals surface area (Å²) in [5, 5.41) is 1.13. The van der Waals surface area contributed by atoms with Crippen LogP contribution in [-0.4, -0.2) is 32.3 Å². The quantitative estimate of drug-likeness (QED) is 0.865. The van der Waals surface area contributed by atoms with E-state index in [4.69, 9.17) is 9.47 Å². The first kappa shape index (κ1) is 14.9. The van der Waals surface area contributed by atoms with E-state index in [-0.39, 0.29) is 0 Å². The largest absolute Gasteiger partial charge is 0.493 e. The second-order valence-corrected chi connectivity index (χ2v) is 6.38. The molecule has 0 N–H and O–H groups in total. The molecule has 22 heavy (non-hydrogen) atoms. The third-order valence-corrected chi connectivity index (χ3v) is 4.44. The smallest absolute Gasteiger partial charge is 0.187 e. The molecule has 0 bridgehead atoms. The van der Waals surface area contributed by atoms with Gasteiger partial charge in [-0.3, -0.25) is 4.98 Å². The van der Waals surface area contributed by atoms with Crippen LogP contribution in [-0.2, 0) is 0 Å². The van der Waals surface area contributed by atoms with Crippen molar-refractivity contribution in [2.75, 3.05) is 32.2 Å². The molecule has 1 aromatic heterocycles. The van der Waals surface area contributed by atoms with E-state index in [9.17, 15) is 0 Å². The molecule has 0 saturated carbocycles. The number of rotatable bonds is 3. The molecule has 1 saturated heterocycles. The molecular formula is C18H24N2O2. The van der Waals surface area contributed by atoms with E-state index in [0.29, 0.717) is 17.6 Å². The van der Waals surface area contributed by atoms with E-state index in [0.717, 1.165) is 29.7 Å². The minimum absolute atomic E-state index is 0.708. The van der Waals surface area contributed by atoms with E-state index in [1.807, 2.05) is 12.3 Å². The van der Waals surface area contributed by atoms with Crippen LogP contribution in [0.3, 0.4) is 0 Å². The van der Waals surface area contributed by atoms with Gasteiger partial charge in [-0.2, -0.15) is 0 Å². The van der Waals surface area contributed by atoms with Gasteiger partial charge in [0.25, 0.3) is 0 Å². The fourth-order valence-corrected chi connectivity index (χ4v) is 3.65. The number of anilines is 1. The van der Waals surface area contributed by atoms with Crippen LogP contribution >= 0.6 is 0 Å². The summed E-state index contributed by atoms with van der Waals surface area (Å²) in [6.07, 6.45) is 3.17. The zero-order valence-electron chi connectivity index (χ0n) is 13.8. The maximum Gasteiger partial charge on any atom is 0.187 e. The molecule has 4 nitrogen and oxygen atoms in total. The van der Waals surface area contributed by atoms with Crippen molar-refractivity contribution in [3.05, 3.63) is 24.4 Å². The number of piperidine rings is 1. The van der Waals surface area contributed by atoms with E-state index in [2.05, 4.69) is 35.9 Å². The minimum atomic E-state index is 0.708. The highest BCUT2D eigenvalue weighted by atomic mass is 16.5. The standard InChI is InChI=1S/C18H24N2O2/c1-12-9-13(2)11-20(10-12)15-7-8-19-17-14(15)5-6-16(21-3)18(17)22-4/h5-8,12-13H,9-11H2,1-4H3/t12-,13+. The van der Waals surface area contributed by atoms with Crippen LogP contribution in [0.2, 0.25) is 0 Å². The van der Waals surface area contributed by atoms with Gasteiger partial charge in [0.15, 0.2) is 11.5 Å². The Kier molecular flexibility index (Phi) is 4.10. The maximum atomic E-state index is 5.53. The Morgan fingerprint density at radius 2 is 1.77 bits per heavy atom. The van der Waals surface area contributed by atoms with Gasteiger partial charge in [0.2, 0.25) is 0 Å². The number of nitrogens with zero attached hydrogens (tertiary/aromatic N) is 2. The van der Waals surface area contributed by atoms with Crippen molar-refractivity contribution in [3.8, 4) is 11.5 Å². The summed E-state index contributed by atoms with van der Waals surface area (Å²) in [7, 11) is 3.32. The predicted octanol–water partition coefficient (Wildman–Crippen LogP) is 3.73. The normalized spacial score (nSPS) is 21.9. The maximum absolute atomic E-state index is 5.53. The van der Waals surface area contributed by atoms with Crippen molar-refractivity contribution in [2.45, 2.75) is 20.3 Å². The number of fused-ring (bicyclic) bond motifs is 1. The average molecular weight is 300 g/mol. The topological polar surface area (TPSA) is 34.6 Å². The van der Waals surface area contributed by atoms with Crippen LogP contribution in [0.15, 0.2) is 24.4 Å². The van der Waals surface area contributed by atoms with Gasteiger partial charge in [0.1, 0.15) is 5.52 Å². The van der Waals surface area contributed by atoms with Gasteiger partial charge < -0.3 is 14.4 Å². The Morgan fingerprint density at radius 1 is 1.05 bits per heavy atom. The van der Waals surface area contributed by atoms with Crippen molar-refractivity contribution in [1.29, 1.82) is 0 Å². The molecule has 1 aliphatic rings. The molecule has 1 fully saturated rings. The molecular weight excluding hydrogens is 276 g/mol.